The van der Waals surface area contributed by atoms with Crippen LogP contribution < -0.4 is 0 Å². The number of aromatic nitrogens is 2. The van der Waals surface area contributed by atoms with E-state index in [0.717, 1.165) is 96.6 Å². The van der Waals surface area contributed by atoms with Crippen LogP contribution in [-0.2, 0) is 25.6 Å². The molecule has 1 aromatic rings. The fourth-order valence-corrected chi connectivity index (χ4v) is 7.07. The lowest BCUT2D eigenvalue weighted by Gasteiger charge is -2.27. The Labute approximate surface area is 325 Å². The Morgan fingerprint density at radius 1 is 0.604 bits per heavy atom. The van der Waals surface area contributed by atoms with Crippen LogP contribution in [0.5, 0.6) is 0 Å². The number of aryl methyl sites for hydroxylation is 1. The summed E-state index contributed by atoms with van der Waals surface area (Å²) in [6.07, 6.45) is 31.4. The van der Waals surface area contributed by atoms with E-state index in [4.69, 9.17) is 9.47 Å². The summed E-state index contributed by atoms with van der Waals surface area (Å²) in [5, 5.41) is 21.8. The number of hydrogen-bond donors (Lipinski definition) is 2. The summed E-state index contributed by atoms with van der Waals surface area (Å²) in [6, 6.07) is 0. The van der Waals surface area contributed by atoms with Crippen molar-refractivity contribution in [2.75, 3.05) is 19.6 Å². The Balaban J connectivity index is 2.33. The van der Waals surface area contributed by atoms with E-state index in [1.807, 2.05) is 12.5 Å². The summed E-state index contributed by atoms with van der Waals surface area (Å²) in [4.78, 5) is 31.2. The molecule has 0 bridgehead atoms. The highest BCUT2D eigenvalue weighted by Crippen LogP contribution is 2.17. The molecule has 2 N–H and O–H groups in total. The maximum absolute atomic E-state index is 12.4. The van der Waals surface area contributed by atoms with Crippen molar-refractivity contribution in [2.24, 2.45) is 0 Å². The van der Waals surface area contributed by atoms with E-state index in [0.29, 0.717) is 38.8 Å². The summed E-state index contributed by atoms with van der Waals surface area (Å²) < 4.78 is 13.6. The Bertz CT molecular complexity index is 905. The summed E-state index contributed by atoms with van der Waals surface area (Å²) in [6.45, 7) is 11.3. The molecule has 0 aliphatic heterocycles. The van der Waals surface area contributed by atoms with Crippen molar-refractivity contribution in [3.63, 3.8) is 0 Å². The van der Waals surface area contributed by atoms with Gasteiger partial charge in [0.25, 0.3) is 0 Å². The fraction of sp³-hybridized carbons (Fsp3) is 0.886. The molecule has 0 fully saturated rings. The Morgan fingerprint density at radius 3 is 1.47 bits per heavy atom. The van der Waals surface area contributed by atoms with E-state index in [1.54, 1.807) is 6.20 Å². The van der Waals surface area contributed by atoms with Gasteiger partial charge in [0.15, 0.2) is 0 Å². The van der Waals surface area contributed by atoms with Gasteiger partial charge in [0.2, 0.25) is 0 Å². The number of aliphatic hydroxyl groups excluding tert-OH is 2. The van der Waals surface area contributed by atoms with Crippen molar-refractivity contribution in [3.05, 3.63) is 18.7 Å². The van der Waals surface area contributed by atoms with Crippen molar-refractivity contribution in [3.8, 4) is 0 Å². The highest BCUT2D eigenvalue weighted by atomic mass is 16.5. The van der Waals surface area contributed by atoms with Crippen molar-refractivity contribution in [1.29, 1.82) is 0 Å². The third-order valence-corrected chi connectivity index (χ3v) is 10.5. The zero-order valence-corrected chi connectivity index (χ0v) is 34.8. The average Bonchev–Trinajstić information content (AvgIpc) is 3.66. The summed E-state index contributed by atoms with van der Waals surface area (Å²) >= 11 is 0. The van der Waals surface area contributed by atoms with Gasteiger partial charge in [0, 0.05) is 51.4 Å². The number of ether oxygens (including phenoxy) is 2. The minimum Gasteiger partial charge on any atom is -0.462 e. The molecular formula is C44H83N3O6. The number of hydrogen-bond acceptors (Lipinski definition) is 8. The number of unbranched alkanes of at least 4 members (excludes halogenated alkanes) is 14. The third kappa shape index (κ3) is 29.1. The van der Waals surface area contributed by atoms with Crippen molar-refractivity contribution < 1.29 is 29.3 Å². The maximum atomic E-state index is 12.4. The molecular weight excluding hydrogens is 666 g/mol. The van der Waals surface area contributed by atoms with Gasteiger partial charge in [0.1, 0.15) is 12.2 Å². The number of aliphatic hydroxyl groups is 2. The molecule has 9 nitrogen and oxygen atoms in total. The van der Waals surface area contributed by atoms with E-state index in [2.05, 4.69) is 42.1 Å². The van der Waals surface area contributed by atoms with E-state index in [1.165, 1.54) is 64.2 Å². The van der Waals surface area contributed by atoms with Crippen LogP contribution in [0, 0.1) is 0 Å². The normalized spacial score (nSPS) is 13.9. The molecule has 0 radical (unpaired) electrons. The lowest BCUT2D eigenvalue weighted by atomic mass is 10.1. The molecule has 9 heteroatoms. The van der Waals surface area contributed by atoms with Crippen molar-refractivity contribution in [2.45, 2.75) is 232 Å². The van der Waals surface area contributed by atoms with Gasteiger partial charge in [-0.3, -0.25) is 14.5 Å². The molecule has 4 unspecified atom stereocenters. The first-order valence-electron chi connectivity index (χ1n) is 22.2. The molecule has 1 aromatic heterocycles. The van der Waals surface area contributed by atoms with Gasteiger partial charge in [-0.2, -0.15) is 0 Å². The summed E-state index contributed by atoms with van der Waals surface area (Å²) in [5.74, 6) is -0.185. The summed E-state index contributed by atoms with van der Waals surface area (Å²) in [7, 11) is 0. The predicted molar refractivity (Wildman–Crippen MR) is 218 cm³/mol. The number of carbonyl (C=O) groups excluding carboxylic acids is 2. The maximum Gasteiger partial charge on any atom is 0.306 e. The van der Waals surface area contributed by atoms with Crippen LogP contribution in [0.25, 0.3) is 0 Å². The quantitative estimate of drug-likeness (QED) is 0.0507. The highest BCUT2D eigenvalue weighted by Gasteiger charge is 2.17. The smallest absolute Gasteiger partial charge is 0.306 e. The van der Waals surface area contributed by atoms with Crippen molar-refractivity contribution >= 4 is 11.9 Å². The largest absolute Gasteiger partial charge is 0.462 e. The lowest BCUT2D eigenvalue weighted by molar-refractivity contribution is -0.150. The van der Waals surface area contributed by atoms with Crippen LogP contribution in [0.3, 0.4) is 0 Å². The highest BCUT2D eigenvalue weighted by molar-refractivity contribution is 5.69. The number of esters is 2. The summed E-state index contributed by atoms with van der Waals surface area (Å²) in [5.41, 5.74) is 0. The standard InChI is InChI=1S/C44H83N3O6/c1-5-9-11-13-15-21-28-41(7-3)52-43(50)30-23-17-19-26-39(48)36-47(34-25-33-46-35-32-45-38-46)37-40(49)27-20-18-24-31-44(51)53-42(8-4)29-22-16-14-12-10-6-2/h32,35,38-42,48-49H,5-31,33-34,36-37H2,1-4H3. The minimum atomic E-state index is -0.483. The number of nitrogens with zero attached hydrogens (tertiary/aromatic N) is 3. The molecule has 0 aromatic carbocycles. The lowest BCUT2D eigenvalue weighted by Crippen LogP contribution is -2.39. The first-order valence-corrected chi connectivity index (χ1v) is 22.2. The third-order valence-electron chi connectivity index (χ3n) is 10.5. The molecule has 310 valence electrons. The van der Waals surface area contributed by atoms with Gasteiger partial charge in [-0.15, -0.1) is 0 Å². The molecule has 0 spiro atoms. The van der Waals surface area contributed by atoms with Gasteiger partial charge in [-0.1, -0.05) is 118 Å². The fourth-order valence-electron chi connectivity index (χ4n) is 7.07. The second kappa shape index (κ2) is 34.5. The van der Waals surface area contributed by atoms with E-state index in [-0.39, 0.29) is 24.1 Å². The number of imidazole rings is 1. The van der Waals surface area contributed by atoms with E-state index in [9.17, 15) is 19.8 Å². The molecule has 0 saturated heterocycles. The van der Waals surface area contributed by atoms with Crippen LogP contribution >= 0.6 is 0 Å². The zero-order chi connectivity index (χ0) is 38.8. The second-order valence-electron chi connectivity index (χ2n) is 15.6. The molecule has 0 aliphatic rings. The second-order valence-corrected chi connectivity index (χ2v) is 15.6. The topological polar surface area (TPSA) is 114 Å². The van der Waals surface area contributed by atoms with Crippen LogP contribution in [0.2, 0.25) is 0 Å². The van der Waals surface area contributed by atoms with E-state index >= 15 is 0 Å². The van der Waals surface area contributed by atoms with Gasteiger partial charge in [-0.25, -0.2) is 4.98 Å². The molecule has 4 atom stereocenters. The van der Waals surface area contributed by atoms with Gasteiger partial charge in [0.05, 0.1) is 18.5 Å². The molecule has 1 heterocycles. The molecule has 53 heavy (non-hydrogen) atoms. The molecule has 1 rings (SSSR count). The molecule has 0 saturated carbocycles. The number of carbonyl (C=O) groups is 2. The predicted octanol–water partition coefficient (Wildman–Crippen LogP) is 10.3. The minimum absolute atomic E-state index is 0.0347. The molecule has 0 aliphatic carbocycles. The molecule has 0 amide bonds. The van der Waals surface area contributed by atoms with Crippen LogP contribution in [0.4, 0.5) is 0 Å². The van der Waals surface area contributed by atoms with Gasteiger partial charge >= 0.3 is 11.9 Å². The SMILES string of the molecule is CCCCCCCCC(CC)OC(=O)CCCCCC(O)CN(CCCn1ccnc1)CC(O)CCCCCC(=O)OC(CC)CCCCCCCC. The van der Waals surface area contributed by atoms with Crippen molar-refractivity contribution in [1.82, 2.24) is 14.5 Å². The zero-order valence-electron chi connectivity index (χ0n) is 34.8. The Hall–Kier alpha value is -1.97. The number of rotatable bonds is 38. The first-order chi connectivity index (χ1) is 25.8. The van der Waals surface area contributed by atoms with Crippen LogP contribution in [0.15, 0.2) is 18.7 Å². The van der Waals surface area contributed by atoms with Crippen LogP contribution in [0.1, 0.15) is 201 Å². The average molecular weight is 750 g/mol. The van der Waals surface area contributed by atoms with Crippen LogP contribution in [-0.4, -0.2) is 80.7 Å². The van der Waals surface area contributed by atoms with Gasteiger partial charge < -0.3 is 24.3 Å². The Kier molecular flexibility index (Phi) is 31.9. The first kappa shape index (κ1) is 49.0. The monoisotopic (exact) mass is 750 g/mol. The van der Waals surface area contributed by atoms with E-state index < -0.39 is 12.2 Å². The van der Waals surface area contributed by atoms with Gasteiger partial charge in [-0.05, 0) is 70.6 Å². The Morgan fingerprint density at radius 2 is 1.04 bits per heavy atom.